The highest BCUT2D eigenvalue weighted by molar-refractivity contribution is 5.88. The standard InChI is InChI=1S/C13H17NO4/c1-9(2)7-12(13(17)18)14(8-15)10-3-5-11(16)6-4-10/h3-6,8-9,12,16H,7H2,1-2H3,(H,17,18). The van der Waals surface area contributed by atoms with Crippen LogP contribution in [0.15, 0.2) is 24.3 Å². The zero-order valence-corrected chi connectivity index (χ0v) is 10.4. The number of rotatable bonds is 6. The summed E-state index contributed by atoms with van der Waals surface area (Å²) in [6.07, 6.45) is 0.877. The Labute approximate surface area is 106 Å². The van der Waals surface area contributed by atoms with Crippen molar-refractivity contribution < 1.29 is 19.8 Å². The summed E-state index contributed by atoms with van der Waals surface area (Å²) in [6.45, 7) is 3.80. The quantitative estimate of drug-likeness (QED) is 0.756. The smallest absolute Gasteiger partial charge is 0.326 e. The summed E-state index contributed by atoms with van der Waals surface area (Å²) in [5, 5.41) is 18.4. The van der Waals surface area contributed by atoms with Crippen molar-refractivity contribution in [1.82, 2.24) is 0 Å². The highest BCUT2D eigenvalue weighted by Crippen LogP contribution is 2.22. The zero-order chi connectivity index (χ0) is 13.7. The molecule has 1 amide bonds. The van der Waals surface area contributed by atoms with Gasteiger partial charge >= 0.3 is 5.97 Å². The van der Waals surface area contributed by atoms with Gasteiger partial charge in [0.1, 0.15) is 11.8 Å². The van der Waals surface area contributed by atoms with E-state index in [1.807, 2.05) is 13.8 Å². The number of anilines is 1. The molecule has 5 nitrogen and oxygen atoms in total. The minimum Gasteiger partial charge on any atom is -0.508 e. The molecule has 0 aliphatic carbocycles. The number of carboxylic acid groups (broad SMARTS) is 1. The van der Waals surface area contributed by atoms with Crippen LogP contribution in [0.4, 0.5) is 5.69 Å². The summed E-state index contributed by atoms with van der Waals surface area (Å²) in [5.74, 6) is -0.810. The van der Waals surface area contributed by atoms with Crippen molar-refractivity contribution >= 4 is 18.1 Å². The molecular formula is C13H17NO4. The third-order valence-corrected chi connectivity index (χ3v) is 2.58. The van der Waals surface area contributed by atoms with Crippen LogP contribution in [0.3, 0.4) is 0 Å². The molecule has 1 aromatic rings. The molecule has 1 aromatic carbocycles. The van der Waals surface area contributed by atoms with E-state index in [0.29, 0.717) is 18.5 Å². The van der Waals surface area contributed by atoms with Crippen LogP contribution in [-0.2, 0) is 9.59 Å². The Bertz CT molecular complexity index is 414. The van der Waals surface area contributed by atoms with Gasteiger partial charge in [-0.1, -0.05) is 13.8 Å². The molecule has 0 saturated heterocycles. The number of carboxylic acids is 1. The van der Waals surface area contributed by atoms with Crippen molar-refractivity contribution in [2.45, 2.75) is 26.3 Å². The summed E-state index contributed by atoms with van der Waals surface area (Å²) in [5.41, 5.74) is 0.454. The predicted molar refractivity (Wildman–Crippen MR) is 67.5 cm³/mol. The summed E-state index contributed by atoms with van der Waals surface area (Å²) in [7, 11) is 0. The van der Waals surface area contributed by atoms with Crippen LogP contribution in [0.25, 0.3) is 0 Å². The van der Waals surface area contributed by atoms with Crippen LogP contribution in [0.5, 0.6) is 5.75 Å². The van der Waals surface area contributed by atoms with Gasteiger partial charge in [-0.15, -0.1) is 0 Å². The molecule has 0 radical (unpaired) electrons. The minimum atomic E-state index is -1.04. The maximum Gasteiger partial charge on any atom is 0.326 e. The molecule has 2 N–H and O–H groups in total. The zero-order valence-electron chi connectivity index (χ0n) is 10.4. The average molecular weight is 251 g/mol. The first-order chi connectivity index (χ1) is 8.45. The molecule has 18 heavy (non-hydrogen) atoms. The Balaban J connectivity index is 3.01. The lowest BCUT2D eigenvalue weighted by Crippen LogP contribution is -2.41. The largest absolute Gasteiger partial charge is 0.508 e. The van der Waals surface area contributed by atoms with Gasteiger partial charge in [-0.25, -0.2) is 4.79 Å². The SMILES string of the molecule is CC(C)CC(C(=O)O)N(C=O)c1ccc(O)cc1. The second kappa shape index (κ2) is 6.05. The molecule has 0 bridgehead atoms. The summed E-state index contributed by atoms with van der Waals surface area (Å²) < 4.78 is 0. The Hall–Kier alpha value is -2.04. The number of amides is 1. The van der Waals surface area contributed by atoms with E-state index in [2.05, 4.69) is 0 Å². The van der Waals surface area contributed by atoms with Crippen LogP contribution in [0, 0.1) is 5.92 Å². The van der Waals surface area contributed by atoms with Gasteiger partial charge in [-0.2, -0.15) is 0 Å². The van der Waals surface area contributed by atoms with Gasteiger partial charge in [0, 0.05) is 5.69 Å². The number of aromatic hydroxyl groups is 1. The first kappa shape index (κ1) is 14.0. The first-order valence-corrected chi connectivity index (χ1v) is 5.71. The normalized spacial score (nSPS) is 12.2. The summed E-state index contributed by atoms with van der Waals surface area (Å²) >= 11 is 0. The van der Waals surface area contributed by atoms with E-state index >= 15 is 0 Å². The van der Waals surface area contributed by atoms with E-state index in [9.17, 15) is 19.8 Å². The summed E-state index contributed by atoms with van der Waals surface area (Å²) in [6, 6.07) is 4.97. The maximum absolute atomic E-state index is 11.2. The van der Waals surface area contributed by atoms with Gasteiger partial charge in [0.15, 0.2) is 0 Å². The van der Waals surface area contributed by atoms with E-state index in [1.54, 1.807) is 0 Å². The summed E-state index contributed by atoms with van der Waals surface area (Å²) in [4.78, 5) is 23.5. The molecule has 0 aliphatic rings. The van der Waals surface area contributed by atoms with Crippen molar-refractivity contribution in [2.24, 2.45) is 5.92 Å². The molecule has 0 saturated carbocycles. The minimum absolute atomic E-state index is 0.0698. The van der Waals surface area contributed by atoms with E-state index in [1.165, 1.54) is 29.2 Å². The van der Waals surface area contributed by atoms with Gasteiger partial charge < -0.3 is 15.1 Å². The molecule has 0 aromatic heterocycles. The highest BCUT2D eigenvalue weighted by atomic mass is 16.4. The van der Waals surface area contributed by atoms with E-state index in [-0.39, 0.29) is 11.7 Å². The third kappa shape index (κ3) is 3.48. The number of carbonyl (C=O) groups is 2. The molecule has 5 heteroatoms. The fourth-order valence-electron chi connectivity index (χ4n) is 1.72. The predicted octanol–water partition coefficient (Wildman–Crippen LogP) is 1.85. The van der Waals surface area contributed by atoms with E-state index in [4.69, 9.17) is 0 Å². The fraction of sp³-hybridized carbons (Fsp3) is 0.385. The number of benzene rings is 1. The Kier molecular flexibility index (Phi) is 4.71. The molecule has 1 rings (SSSR count). The maximum atomic E-state index is 11.2. The Morgan fingerprint density at radius 1 is 1.33 bits per heavy atom. The van der Waals surface area contributed by atoms with Crippen LogP contribution >= 0.6 is 0 Å². The fourth-order valence-corrected chi connectivity index (χ4v) is 1.72. The van der Waals surface area contributed by atoms with Crippen LogP contribution in [-0.4, -0.2) is 28.6 Å². The topological polar surface area (TPSA) is 77.8 Å². The van der Waals surface area contributed by atoms with Gasteiger partial charge in [0.25, 0.3) is 0 Å². The lowest BCUT2D eigenvalue weighted by molar-refractivity contribution is -0.139. The molecular weight excluding hydrogens is 234 g/mol. The first-order valence-electron chi connectivity index (χ1n) is 5.71. The second-order valence-electron chi connectivity index (χ2n) is 4.51. The van der Waals surface area contributed by atoms with Crippen molar-refractivity contribution in [3.8, 4) is 5.75 Å². The molecule has 98 valence electrons. The monoisotopic (exact) mass is 251 g/mol. The third-order valence-electron chi connectivity index (χ3n) is 2.58. The van der Waals surface area contributed by atoms with Gasteiger partial charge in [0.2, 0.25) is 6.41 Å². The molecule has 0 spiro atoms. The lowest BCUT2D eigenvalue weighted by Gasteiger charge is -2.26. The van der Waals surface area contributed by atoms with Crippen LogP contribution < -0.4 is 4.90 Å². The van der Waals surface area contributed by atoms with Crippen molar-refractivity contribution in [3.63, 3.8) is 0 Å². The number of hydrogen-bond donors (Lipinski definition) is 2. The Morgan fingerprint density at radius 2 is 1.89 bits per heavy atom. The van der Waals surface area contributed by atoms with Crippen LogP contribution in [0.1, 0.15) is 20.3 Å². The van der Waals surface area contributed by atoms with Crippen molar-refractivity contribution in [2.75, 3.05) is 4.90 Å². The van der Waals surface area contributed by atoms with E-state index < -0.39 is 12.0 Å². The number of aliphatic carboxylic acids is 1. The van der Waals surface area contributed by atoms with Crippen molar-refractivity contribution in [1.29, 1.82) is 0 Å². The molecule has 0 aliphatic heterocycles. The number of phenols is 1. The van der Waals surface area contributed by atoms with Crippen LogP contribution in [0.2, 0.25) is 0 Å². The Morgan fingerprint density at radius 3 is 2.28 bits per heavy atom. The van der Waals surface area contributed by atoms with Gasteiger partial charge in [0.05, 0.1) is 0 Å². The highest BCUT2D eigenvalue weighted by Gasteiger charge is 2.26. The van der Waals surface area contributed by atoms with Gasteiger partial charge in [-0.3, -0.25) is 4.79 Å². The molecule has 0 heterocycles. The molecule has 1 unspecified atom stereocenters. The van der Waals surface area contributed by atoms with Gasteiger partial charge in [-0.05, 0) is 36.6 Å². The lowest BCUT2D eigenvalue weighted by atomic mass is 10.0. The molecule has 0 fully saturated rings. The second-order valence-corrected chi connectivity index (χ2v) is 4.51. The average Bonchev–Trinajstić information content (AvgIpc) is 2.30. The van der Waals surface area contributed by atoms with E-state index in [0.717, 1.165) is 0 Å². The number of phenolic OH excluding ortho intramolecular Hbond substituents is 1. The number of carbonyl (C=O) groups excluding carboxylic acids is 1. The molecule has 1 atom stereocenters. The number of hydrogen-bond acceptors (Lipinski definition) is 3. The number of nitrogens with zero attached hydrogens (tertiary/aromatic N) is 1. The van der Waals surface area contributed by atoms with Crippen molar-refractivity contribution in [3.05, 3.63) is 24.3 Å².